The maximum atomic E-state index is 12.9. The molecule has 2 N–H and O–H groups in total. The molecule has 40 heavy (non-hydrogen) atoms. The van der Waals surface area contributed by atoms with Crippen molar-refractivity contribution in [1.82, 2.24) is 29.8 Å². The SMILES string of the molecule is COc1ccc(N2CCN(CCNC(=O)c3cccc(Nc4nc5ccccc5n5cnnc45)c3)CC2)cc1.Cl. The van der Waals surface area contributed by atoms with Crippen LogP contribution in [-0.4, -0.2) is 76.8 Å². The summed E-state index contributed by atoms with van der Waals surface area (Å²) in [5.41, 5.74) is 4.92. The minimum Gasteiger partial charge on any atom is -0.497 e. The zero-order valence-corrected chi connectivity index (χ0v) is 23.0. The number of nitrogens with one attached hydrogen (secondary N) is 2. The van der Waals surface area contributed by atoms with Gasteiger partial charge in [0, 0.05) is 56.2 Å². The van der Waals surface area contributed by atoms with Gasteiger partial charge in [-0.25, -0.2) is 4.98 Å². The number of rotatable bonds is 8. The van der Waals surface area contributed by atoms with Crippen LogP contribution in [0.4, 0.5) is 17.2 Å². The highest BCUT2D eigenvalue weighted by Crippen LogP contribution is 2.24. The molecular formula is C29H31ClN8O2. The van der Waals surface area contributed by atoms with Crippen LogP contribution in [0.25, 0.3) is 16.7 Å². The fourth-order valence-corrected chi connectivity index (χ4v) is 4.92. The normalized spacial score (nSPS) is 13.7. The van der Waals surface area contributed by atoms with Gasteiger partial charge in [-0.2, -0.15) is 0 Å². The molecule has 6 rings (SSSR count). The zero-order chi connectivity index (χ0) is 26.6. The Balaban J connectivity index is 0.00000323. The second kappa shape index (κ2) is 12.2. The second-order valence-corrected chi connectivity index (χ2v) is 9.46. The fraction of sp³-hybridized carbons (Fsp3) is 0.241. The number of anilines is 3. The van der Waals surface area contributed by atoms with E-state index in [9.17, 15) is 4.79 Å². The van der Waals surface area contributed by atoms with Crippen LogP contribution in [0.1, 0.15) is 10.4 Å². The van der Waals surface area contributed by atoms with E-state index in [-0.39, 0.29) is 18.3 Å². The van der Waals surface area contributed by atoms with Gasteiger partial charge in [0.25, 0.3) is 5.91 Å². The molecule has 0 radical (unpaired) electrons. The maximum absolute atomic E-state index is 12.9. The molecule has 0 atom stereocenters. The molecule has 1 aliphatic heterocycles. The van der Waals surface area contributed by atoms with Gasteiger partial charge in [-0.05, 0) is 54.6 Å². The number of ether oxygens (including phenoxy) is 1. The molecule has 1 aliphatic rings. The van der Waals surface area contributed by atoms with E-state index in [1.165, 1.54) is 5.69 Å². The highest BCUT2D eigenvalue weighted by atomic mass is 35.5. The highest BCUT2D eigenvalue weighted by Gasteiger charge is 2.17. The third-order valence-corrected chi connectivity index (χ3v) is 7.04. The van der Waals surface area contributed by atoms with E-state index in [4.69, 9.17) is 9.72 Å². The molecule has 3 heterocycles. The van der Waals surface area contributed by atoms with Crippen molar-refractivity contribution in [3.8, 4) is 5.75 Å². The van der Waals surface area contributed by atoms with Gasteiger partial charge in [-0.15, -0.1) is 22.6 Å². The van der Waals surface area contributed by atoms with Crippen molar-refractivity contribution in [3.05, 3.63) is 84.7 Å². The lowest BCUT2D eigenvalue weighted by Crippen LogP contribution is -2.48. The molecule has 1 fully saturated rings. The highest BCUT2D eigenvalue weighted by molar-refractivity contribution is 5.95. The van der Waals surface area contributed by atoms with Gasteiger partial charge in [0.15, 0.2) is 5.82 Å². The van der Waals surface area contributed by atoms with Gasteiger partial charge in [-0.1, -0.05) is 18.2 Å². The summed E-state index contributed by atoms with van der Waals surface area (Å²) in [6.45, 7) is 5.22. The van der Waals surface area contributed by atoms with Gasteiger partial charge in [0.05, 0.1) is 18.1 Å². The lowest BCUT2D eigenvalue weighted by Gasteiger charge is -2.36. The summed E-state index contributed by atoms with van der Waals surface area (Å²) in [6, 6.07) is 23.4. The first-order valence-corrected chi connectivity index (χ1v) is 13.0. The van der Waals surface area contributed by atoms with Gasteiger partial charge < -0.3 is 20.3 Å². The summed E-state index contributed by atoms with van der Waals surface area (Å²) < 4.78 is 7.16. The molecule has 1 amide bonds. The molecular weight excluding hydrogens is 528 g/mol. The zero-order valence-electron chi connectivity index (χ0n) is 22.2. The number of aromatic nitrogens is 4. The predicted octanol–water partition coefficient (Wildman–Crippen LogP) is 4.00. The lowest BCUT2D eigenvalue weighted by atomic mass is 10.2. The number of piperazine rings is 1. The minimum absolute atomic E-state index is 0. The van der Waals surface area contributed by atoms with Crippen molar-refractivity contribution in [2.24, 2.45) is 0 Å². The number of hydrogen-bond donors (Lipinski definition) is 2. The van der Waals surface area contributed by atoms with Crippen LogP contribution in [0.3, 0.4) is 0 Å². The summed E-state index contributed by atoms with van der Waals surface area (Å²) in [5, 5.41) is 14.7. The van der Waals surface area contributed by atoms with E-state index in [2.05, 4.69) is 42.8 Å². The van der Waals surface area contributed by atoms with E-state index >= 15 is 0 Å². The quantitative estimate of drug-likeness (QED) is 0.295. The Bertz CT molecular complexity index is 1600. The maximum Gasteiger partial charge on any atom is 0.251 e. The molecule has 1 saturated heterocycles. The number of halogens is 1. The van der Waals surface area contributed by atoms with E-state index in [0.717, 1.165) is 55.2 Å². The van der Waals surface area contributed by atoms with Gasteiger partial charge in [0.1, 0.15) is 12.1 Å². The summed E-state index contributed by atoms with van der Waals surface area (Å²) in [7, 11) is 1.68. The van der Waals surface area contributed by atoms with Gasteiger partial charge >= 0.3 is 0 Å². The first-order chi connectivity index (χ1) is 19.2. The second-order valence-electron chi connectivity index (χ2n) is 9.46. The van der Waals surface area contributed by atoms with Crippen LogP contribution in [0, 0.1) is 0 Å². The molecule has 206 valence electrons. The van der Waals surface area contributed by atoms with E-state index < -0.39 is 0 Å². The van der Waals surface area contributed by atoms with Crippen molar-refractivity contribution in [1.29, 1.82) is 0 Å². The number of carbonyl (C=O) groups excluding carboxylic acids is 1. The molecule has 10 nitrogen and oxygen atoms in total. The number of fused-ring (bicyclic) bond motifs is 3. The smallest absolute Gasteiger partial charge is 0.251 e. The number of nitrogens with zero attached hydrogens (tertiary/aromatic N) is 6. The van der Waals surface area contributed by atoms with Crippen molar-refractivity contribution < 1.29 is 9.53 Å². The standard InChI is InChI=1S/C29H30N8O2.ClH/c1-39-24-11-9-23(10-12-24)36-17-15-35(16-18-36)14-13-30-29(38)21-5-4-6-22(19-21)32-27-28-34-31-20-37(28)26-8-3-2-7-25(26)33-27;/h2-12,19-20H,13-18H2,1H3,(H,30,38)(H,32,33);1H. The largest absolute Gasteiger partial charge is 0.497 e. The summed E-state index contributed by atoms with van der Waals surface area (Å²) >= 11 is 0. The molecule has 0 spiro atoms. The van der Waals surface area contributed by atoms with Crippen molar-refractivity contribution in [2.45, 2.75) is 0 Å². The first-order valence-electron chi connectivity index (χ1n) is 13.0. The van der Waals surface area contributed by atoms with Crippen LogP contribution in [-0.2, 0) is 0 Å². The van der Waals surface area contributed by atoms with Gasteiger partial charge in [-0.3, -0.25) is 14.1 Å². The van der Waals surface area contributed by atoms with E-state index in [1.807, 2.05) is 65.1 Å². The van der Waals surface area contributed by atoms with E-state index in [1.54, 1.807) is 13.4 Å². The summed E-state index contributed by atoms with van der Waals surface area (Å²) in [6.07, 6.45) is 1.67. The Kier molecular flexibility index (Phi) is 8.28. The van der Waals surface area contributed by atoms with Crippen LogP contribution >= 0.6 is 12.4 Å². The first kappa shape index (κ1) is 27.2. The van der Waals surface area contributed by atoms with E-state index in [0.29, 0.717) is 23.6 Å². The van der Waals surface area contributed by atoms with Gasteiger partial charge in [0.2, 0.25) is 5.65 Å². The van der Waals surface area contributed by atoms with Crippen LogP contribution in [0.15, 0.2) is 79.1 Å². The number of hydrogen-bond acceptors (Lipinski definition) is 8. The van der Waals surface area contributed by atoms with Crippen LogP contribution < -0.4 is 20.3 Å². The fourth-order valence-electron chi connectivity index (χ4n) is 4.92. The average Bonchev–Trinajstić information content (AvgIpc) is 3.49. The Labute approximate surface area is 238 Å². The Morgan fingerprint density at radius 1 is 0.975 bits per heavy atom. The number of benzene rings is 3. The molecule has 5 aromatic rings. The lowest BCUT2D eigenvalue weighted by molar-refractivity contribution is 0.0948. The van der Waals surface area contributed by atoms with Crippen molar-refractivity contribution in [2.75, 3.05) is 56.6 Å². The molecule has 0 unspecified atom stereocenters. The Hall–Kier alpha value is -4.41. The summed E-state index contributed by atoms with van der Waals surface area (Å²) in [5.74, 6) is 1.35. The Morgan fingerprint density at radius 2 is 1.77 bits per heavy atom. The molecule has 2 aromatic heterocycles. The average molecular weight is 559 g/mol. The molecule has 0 bridgehead atoms. The molecule has 0 aliphatic carbocycles. The number of para-hydroxylation sites is 2. The number of carbonyl (C=O) groups is 1. The molecule has 3 aromatic carbocycles. The predicted molar refractivity (Wildman–Crippen MR) is 159 cm³/mol. The Morgan fingerprint density at radius 3 is 2.58 bits per heavy atom. The van der Waals surface area contributed by atoms with Crippen molar-refractivity contribution >= 4 is 52.2 Å². The van der Waals surface area contributed by atoms with Crippen molar-refractivity contribution in [3.63, 3.8) is 0 Å². The minimum atomic E-state index is -0.102. The van der Waals surface area contributed by atoms with Crippen LogP contribution in [0.5, 0.6) is 5.75 Å². The third kappa shape index (κ3) is 5.78. The molecule has 0 saturated carbocycles. The molecule has 11 heteroatoms. The number of amides is 1. The topological polar surface area (TPSA) is 99.9 Å². The number of methoxy groups -OCH3 is 1. The third-order valence-electron chi connectivity index (χ3n) is 7.04. The van der Waals surface area contributed by atoms with Crippen LogP contribution in [0.2, 0.25) is 0 Å². The monoisotopic (exact) mass is 558 g/mol. The summed E-state index contributed by atoms with van der Waals surface area (Å²) in [4.78, 5) is 22.4.